The summed E-state index contributed by atoms with van der Waals surface area (Å²) in [5.41, 5.74) is 5.82. The zero-order valence-electron chi connectivity index (χ0n) is 35.2. The van der Waals surface area contributed by atoms with Crippen molar-refractivity contribution in [3.8, 4) is 17.2 Å². The third-order valence-electron chi connectivity index (χ3n) is 12.0. The molecule has 3 saturated carbocycles. The van der Waals surface area contributed by atoms with Crippen molar-refractivity contribution in [1.82, 2.24) is 0 Å². The van der Waals surface area contributed by atoms with Crippen molar-refractivity contribution in [3.05, 3.63) is 128 Å². The fourth-order valence-electron chi connectivity index (χ4n) is 9.15. The maximum absolute atomic E-state index is 11.1. The van der Waals surface area contributed by atoms with Crippen LogP contribution in [0.3, 0.4) is 0 Å². The van der Waals surface area contributed by atoms with Crippen LogP contribution in [0.2, 0.25) is 0 Å². The van der Waals surface area contributed by atoms with E-state index in [9.17, 15) is 30.4 Å². The van der Waals surface area contributed by atoms with Crippen LogP contribution in [0.15, 0.2) is 91.0 Å². The summed E-state index contributed by atoms with van der Waals surface area (Å²) in [5.74, 6) is 0.727. The monoisotopic (exact) mass is 926 g/mol. The van der Waals surface area contributed by atoms with E-state index in [1.165, 1.54) is 53.4 Å². The molecule has 0 amide bonds. The van der Waals surface area contributed by atoms with Crippen LogP contribution >= 0.6 is 7.92 Å². The van der Waals surface area contributed by atoms with E-state index in [1.54, 1.807) is 125 Å². The molecule has 0 heterocycles. The molecule has 0 unspecified atom stereocenters. The van der Waals surface area contributed by atoms with Crippen LogP contribution in [-0.2, 0) is 30.9 Å². The van der Waals surface area contributed by atoms with Crippen molar-refractivity contribution in [2.24, 2.45) is 0 Å². The summed E-state index contributed by atoms with van der Waals surface area (Å²) in [6.07, 6.45) is 24.0. The minimum atomic E-state index is -0.553. The predicted molar refractivity (Wildman–Crippen MR) is 242 cm³/mol. The first-order valence-electron chi connectivity index (χ1n) is 21.8. The molecule has 0 aliphatic heterocycles. The van der Waals surface area contributed by atoms with Gasteiger partial charge >= 0.3 is 82.7 Å². The Morgan fingerprint density at radius 1 is 0.667 bits per heavy atom. The molecule has 12 heteroatoms. The maximum Gasteiger partial charge on any atom is 0.270 e. The molecule has 7 rings (SSSR count). The van der Waals surface area contributed by atoms with Gasteiger partial charge in [-0.15, -0.1) is 0 Å². The standard InChI is InChI=1S/C20H17N3O6.C18H33P.C10H12O.Ru/c24-19-8-6-17(22(26)27)10-14(19)12-21(16-4-2-1-3-5-16)13-15-11-18(23(28)29)7-9-20(15)25;1-4-10-16(11-5-1)19(17-12-6-2-7-13-17)18-14-8-3-9-15-18;1-8(2)11-10-7-5-4-6-9(10)3;/h1-11,24-25H,12-13H2;16-18H,1-15H2;3-8H,1-2H3;/q;;;+1/p+1. The number of rotatable bonds is 13. The van der Waals surface area contributed by atoms with E-state index >= 15 is 0 Å². The van der Waals surface area contributed by atoms with Gasteiger partial charge in [0.25, 0.3) is 11.4 Å². The van der Waals surface area contributed by atoms with E-state index < -0.39 is 9.85 Å². The summed E-state index contributed by atoms with van der Waals surface area (Å²) in [6.45, 7) is 4.22. The van der Waals surface area contributed by atoms with Crippen molar-refractivity contribution < 1.29 is 42.6 Å². The molecular formula is C48H63N3O7PRu+2. The van der Waals surface area contributed by atoms with E-state index in [2.05, 4.69) is 17.9 Å². The third kappa shape index (κ3) is 14.2. The van der Waals surface area contributed by atoms with Gasteiger partial charge in [0.1, 0.15) is 11.5 Å². The Hall–Kier alpha value is -4.20. The van der Waals surface area contributed by atoms with Gasteiger partial charge in [-0.3, -0.25) is 20.2 Å². The number of phenols is 2. The maximum atomic E-state index is 11.1. The summed E-state index contributed by atoms with van der Waals surface area (Å²) >= 11 is 2.49. The predicted octanol–water partition coefficient (Wildman–Crippen LogP) is 12.5. The molecule has 10 nitrogen and oxygen atoms in total. The number of hydrogen-bond donors (Lipinski definition) is 2. The Kier molecular flexibility index (Phi) is 19.0. The molecule has 0 saturated heterocycles. The Balaban J connectivity index is 0.000000188. The first-order valence-corrected chi connectivity index (χ1v) is 24.5. The molecule has 3 aliphatic carbocycles. The summed E-state index contributed by atoms with van der Waals surface area (Å²) in [6, 6.07) is 24.5. The number of nitro groups is 2. The van der Waals surface area contributed by atoms with Crippen LogP contribution in [0.25, 0.3) is 0 Å². The van der Waals surface area contributed by atoms with Gasteiger partial charge in [-0.25, -0.2) is 0 Å². The minimum Gasteiger partial charge on any atom is -0.508 e. The van der Waals surface area contributed by atoms with E-state index in [0.717, 1.165) is 11.3 Å². The van der Waals surface area contributed by atoms with Crippen LogP contribution in [0.1, 0.15) is 127 Å². The van der Waals surface area contributed by atoms with Crippen molar-refractivity contribution >= 4 is 29.6 Å². The summed E-state index contributed by atoms with van der Waals surface area (Å²) in [4.78, 5) is 22.8. The van der Waals surface area contributed by atoms with Gasteiger partial charge in [0, 0.05) is 62.1 Å². The molecule has 4 aromatic rings. The van der Waals surface area contributed by atoms with E-state index in [4.69, 9.17) is 4.74 Å². The molecule has 0 bridgehead atoms. The number of nitro benzene ring substituents is 2. The van der Waals surface area contributed by atoms with E-state index in [-0.39, 0.29) is 50.0 Å². The van der Waals surface area contributed by atoms with Crippen LogP contribution < -0.4 is 9.64 Å². The largest absolute Gasteiger partial charge is 0.508 e. The molecule has 60 heavy (non-hydrogen) atoms. The van der Waals surface area contributed by atoms with Crippen LogP contribution in [-0.4, -0.2) is 47.8 Å². The minimum absolute atomic E-state index is 0.0465. The van der Waals surface area contributed by atoms with E-state index in [1.807, 2.05) is 48.8 Å². The number of aromatic hydroxyl groups is 2. The van der Waals surface area contributed by atoms with E-state index in [0.29, 0.717) is 16.8 Å². The van der Waals surface area contributed by atoms with Gasteiger partial charge in [0.15, 0.2) is 0 Å². The molecule has 0 spiro atoms. The number of benzene rings is 4. The molecule has 2 N–H and O–H groups in total. The summed E-state index contributed by atoms with van der Waals surface area (Å²) in [7, 11) is -0.0465. The van der Waals surface area contributed by atoms with Crippen LogP contribution in [0.5, 0.6) is 17.2 Å². The first kappa shape index (κ1) is 46.9. The Morgan fingerprint density at radius 3 is 1.48 bits per heavy atom. The second kappa shape index (κ2) is 24.3. The van der Waals surface area contributed by atoms with Gasteiger partial charge in [0.05, 0.1) is 26.8 Å². The zero-order chi connectivity index (χ0) is 42.9. The van der Waals surface area contributed by atoms with Crippen molar-refractivity contribution in [2.45, 2.75) is 146 Å². The molecule has 3 fully saturated rings. The van der Waals surface area contributed by atoms with Crippen molar-refractivity contribution in [3.63, 3.8) is 0 Å². The second-order valence-electron chi connectivity index (χ2n) is 16.6. The van der Waals surface area contributed by atoms with Crippen LogP contribution in [0, 0.1) is 20.2 Å². The number of anilines is 1. The Bertz CT molecular complexity index is 1860. The molecule has 3 aliphatic rings. The Morgan fingerprint density at radius 2 is 1.08 bits per heavy atom. The quantitative estimate of drug-likeness (QED) is 0.0585. The molecule has 323 valence electrons. The molecule has 0 radical (unpaired) electrons. The average molecular weight is 926 g/mol. The van der Waals surface area contributed by atoms with Crippen molar-refractivity contribution in [2.75, 3.05) is 4.90 Å². The molecule has 0 aromatic heterocycles. The second-order valence-corrected chi connectivity index (χ2v) is 20.6. The van der Waals surface area contributed by atoms with Crippen molar-refractivity contribution in [1.29, 1.82) is 0 Å². The van der Waals surface area contributed by atoms with Crippen LogP contribution in [0.4, 0.5) is 17.1 Å². The summed E-state index contributed by atoms with van der Waals surface area (Å²) in [5, 5.41) is 42.5. The number of nitrogens with zero attached hydrogens (tertiary/aromatic N) is 3. The molecular weight excluding hydrogens is 863 g/mol. The smallest absolute Gasteiger partial charge is 0.270 e. The fourth-order valence-corrected chi connectivity index (χ4v) is 14.8. The molecule has 4 aromatic carbocycles. The van der Waals surface area contributed by atoms with Gasteiger partial charge in [-0.05, 0) is 101 Å². The first-order chi connectivity index (χ1) is 29.0. The number of hydrogen-bond acceptors (Lipinski definition) is 8. The van der Waals surface area contributed by atoms with Gasteiger partial charge < -0.3 is 15.1 Å². The third-order valence-corrected chi connectivity index (χ3v) is 17.1. The number of para-hydroxylation sites is 2. The number of non-ortho nitro benzene ring substituents is 2. The SMILES string of the molecule is C1CCC([PH+](C2CCCCC2)C2CCCCC2)CC1.CC(C)Oc1ccccc1[CH]=[Ru+].O=[N+]([O-])c1ccc(O)c(CN(Cc2cc([N+](=O)[O-])ccc2O)c2ccccc2)c1. The van der Waals surface area contributed by atoms with Gasteiger partial charge in [-0.2, -0.15) is 0 Å². The van der Waals surface area contributed by atoms with Gasteiger partial charge in [-0.1, -0.05) is 37.5 Å². The zero-order valence-corrected chi connectivity index (χ0v) is 37.9. The molecule has 0 atom stereocenters. The fraction of sp³-hybridized carbons (Fsp3) is 0.479. The number of ether oxygens (including phenoxy) is 1. The Labute approximate surface area is 367 Å². The number of phenolic OH excluding ortho intramolecular Hbond substituents is 2. The van der Waals surface area contributed by atoms with Gasteiger partial charge in [0.2, 0.25) is 0 Å². The topological polar surface area (TPSA) is 139 Å². The summed E-state index contributed by atoms with van der Waals surface area (Å²) < 4.78 is 7.58. The average Bonchev–Trinajstić information content (AvgIpc) is 3.26. The normalized spacial score (nSPS) is 16.2.